The van der Waals surface area contributed by atoms with Gasteiger partial charge in [0.05, 0.1) is 14.2 Å². The summed E-state index contributed by atoms with van der Waals surface area (Å²) in [4.78, 5) is 5.27. The predicted octanol–water partition coefficient (Wildman–Crippen LogP) is 2.37. The molecule has 2 aliphatic rings. The van der Waals surface area contributed by atoms with Crippen molar-refractivity contribution in [1.82, 2.24) is 9.80 Å². The van der Waals surface area contributed by atoms with Crippen molar-refractivity contribution in [3.63, 3.8) is 0 Å². The Bertz CT molecular complexity index is 492. The molecule has 2 saturated heterocycles. The van der Waals surface area contributed by atoms with Crippen LogP contribution in [-0.2, 0) is 6.54 Å². The third-order valence-electron chi connectivity index (χ3n) is 4.90. The largest absolute Gasteiger partial charge is 0.493 e. The van der Waals surface area contributed by atoms with Crippen molar-refractivity contribution >= 4 is 0 Å². The van der Waals surface area contributed by atoms with E-state index in [1.807, 2.05) is 6.07 Å². The number of methoxy groups -OCH3 is 2. The number of benzene rings is 1. The highest BCUT2D eigenvalue weighted by molar-refractivity contribution is 5.42. The zero-order valence-corrected chi connectivity index (χ0v) is 13.3. The van der Waals surface area contributed by atoms with Gasteiger partial charge in [0.2, 0.25) is 0 Å². The van der Waals surface area contributed by atoms with Crippen LogP contribution < -0.4 is 9.47 Å². The second kappa shape index (κ2) is 6.24. The highest BCUT2D eigenvalue weighted by Crippen LogP contribution is 2.30. The molecule has 0 bridgehead atoms. The van der Waals surface area contributed by atoms with Gasteiger partial charge in [0.1, 0.15) is 0 Å². The third kappa shape index (κ3) is 3.01. The average molecular weight is 290 g/mol. The van der Waals surface area contributed by atoms with E-state index in [-0.39, 0.29) is 0 Å². The maximum absolute atomic E-state index is 5.41. The summed E-state index contributed by atoms with van der Waals surface area (Å²) in [5.41, 5.74) is 1.30. The molecular weight excluding hydrogens is 264 g/mol. The molecular formula is C17H26N2O2. The van der Waals surface area contributed by atoms with E-state index in [0.717, 1.165) is 24.1 Å². The summed E-state index contributed by atoms with van der Waals surface area (Å²) in [7, 11) is 3.38. The number of ether oxygens (including phenoxy) is 2. The van der Waals surface area contributed by atoms with Crippen LogP contribution in [0.4, 0.5) is 0 Å². The number of fused-ring (bicyclic) bond motifs is 1. The first-order valence-corrected chi connectivity index (χ1v) is 7.90. The Hall–Kier alpha value is -1.26. The molecule has 1 aromatic rings. The molecule has 4 nitrogen and oxygen atoms in total. The Morgan fingerprint density at radius 2 is 1.95 bits per heavy atom. The molecule has 4 heteroatoms. The Balaban J connectivity index is 1.70. The van der Waals surface area contributed by atoms with E-state index in [0.29, 0.717) is 6.04 Å². The molecule has 0 amide bonds. The minimum atomic E-state index is 0.618. The van der Waals surface area contributed by atoms with Crippen LogP contribution in [-0.4, -0.2) is 55.7 Å². The van der Waals surface area contributed by atoms with E-state index in [9.17, 15) is 0 Å². The van der Waals surface area contributed by atoms with Gasteiger partial charge < -0.3 is 9.47 Å². The summed E-state index contributed by atoms with van der Waals surface area (Å²) < 4.78 is 10.7. The molecule has 0 N–H and O–H groups in total. The van der Waals surface area contributed by atoms with Crippen molar-refractivity contribution in [2.45, 2.75) is 38.4 Å². The Morgan fingerprint density at radius 3 is 2.71 bits per heavy atom. The van der Waals surface area contributed by atoms with Crippen molar-refractivity contribution in [2.75, 3.05) is 33.9 Å². The lowest BCUT2D eigenvalue weighted by Gasteiger charge is -2.42. The van der Waals surface area contributed by atoms with Gasteiger partial charge in [0, 0.05) is 31.7 Å². The summed E-state index contributed by atoms with van der Waals surface area (Å²) in [5, 5.41) is 0. The lowest BCUT2D eigenvalue weighted by atomic mass is 10.1. The summed E-state index contributed by atoms with van der Waals surface area (Å²) in [6.45, 7) is 7.02. The zero-order valence-electron chi connectivity index (χ0n) is 13.3. The van der Waals surface area contributed by atoms with Gasteiger partial charge in [-0.3, -0.25) is 9.80 Å². The summed E-state index contributed by atoms with van der Waals surface area (Å²) in [6, 6.07) is 7.64. The molecule has 2 aliphatic heterocycles. The Morgan fingerprint density at radius 1 is 1.14 bits per heavy atom. The lowest BCUT2D eigenvalue weighted by Crippen LogP contribution is -2.54. The second-order valence-corrected chi connectivity index (χ2v) is 6.26. The summed E-state index contributed by atoms with van der Waals surface area (Å²) in [5.74, 6) is 1.62. The molecule has 3 rings (SSSR count). The molecule has 0 aromatic heterocycles. The topological polar surface area (TPSA) is 24.9 Å². The van der Waals surface area contributed by atoms with Gasteiger partial charge in [0.15, 0.2) is 11.5 Å². The quantitative estimate of drug-likeness (QED) is 0.850. The minimum absolute atomic E-state index is 0.618. The van der Waals surface area contributed by atoms with Crippen LogP contribution in [0.15, 0.2) is 18.2 Å². The molecule has 1 unspecified atom stereocenters. The van der Waals surface area contributed by atoms with E-state index in [1.54, 1.807) is 14.2 Å². The molecule has 1 aromatic carbocycles. The van der Waals surface area contributed by atoms with E-state index >= 15 is 0 Å². The number of hydrogen-bond donors (Lipinski definition) is 0. The van der Waals surface area contributed by atoms with Gasteiger partial charge in [-0.25, -0.2) is 0 Å². The van der Waals surface area contributed by atoms with E-state index in [2.05, 4.69) is 28.9 Å². The lowest BCUT2D eigenvalue weighted by molar-refractivity contribution is 0.0540. The van der Waals surface area contributed by atoms with Crippen LogP contribution >= 0.6 is 0 Å². The molecule has 2 heterocycles. The van der Waals surface area contributed by atoms with Gasteiger partial charge in [-0.2, -0.15) is 0 Å². The first-order chi connectivity index (χ1) is 10.2. The standard InChI is InChI=1S/C17H26N2O2/c1-13-10-18-8-4-5-15(18)12-19(13)11-14-6-7-16(20-2)17(9-14)21-3/h6-7,9,13,15H,4-5,8,10-12H2,1-3H3/t13-,15?/m1/s1. The molecule has 0 aliphatic carbocycles. The van der Waals surface area contributed by atoms with Crippen LogP contribution in [0.1, 0.15) is 25.3 Å². The van der Waals surface area contributed by atoms with Gasteiger partial charge in [-0.05, 0) is 44.0 Å². The van der Waals surface area contributed by atoms with Crippen LogP contribution in [0, 0.1) is 0 Å². The Kier molecular flexibility index (Phi) is 4.36. The fraction of sp³-hybridized carbons (Fsp3) is 0.647. The van der Waals surface area contributed by atoms with Crippen molar-refractivity contribution < 1.29 is 9.47 Å². The fourth-order valence-electron chi connectivity index (χ4n) is 3.68. The summed E-state index contributed by atoms with van der Waals surface area (Å²) in [6.07, 6.45) is 2.72. The van der Waals surface area contributed by atoms with Crippen LogP contribution in [0.5, 0.6) is 11.5 Å². The first-order valence-electron chi connectivity index (χ1n) is 7.90. The van der Waals surface area contributed by atoms with E-state index in [1.165, 1.54) is 38.0 Å². The van der Waals surface area contributed by atoms with E-state index in [4.69, 9.17) is 9.47 Å². The highest BCUT2D eigenvalue weighted by Gasteiger charge is 2.34. The van der Waals surface area contributed by atoms with Crippen LogP contribution in [0.3, 0.4) is 0 Å². The molecule has 2 atom stereocenters. The highest BCUT2D eigenvalue weighted by atomic mass is 16.5. The number of hydrogen-bond acceptors (Lipinski definition) is 4. The minimum Gasteiger partial charge on any atom is -0.493 e. The predicted molar refractivity (Wildman–Crippen MR) is 84.0 cm³/mol. The molecule has 0 radical (unpaired) electrons. The SMILES string of the molecule is COc1ccc(CN2CC3CCCN3C[C@H]2C)cc1OC. The van der Waals surface area contributed by atoms with Crippen LogP contribution in [0.2, 0.25) is 0 Å². The van der Waals surface area contributed by atoms with Gasteiger partial charge >= 0.3 is 0 Å². The smallest absolute Gasteiger partial charge is 0.161 e. The Labute approximate surface area is 127 Å². The molecule has 0 spiro atoms. The maximum Gasteiger partial charge on any atom is 0.161 e. The second-order valence-electron chi connectivity index (χ2n) is 6.26. The normalized spacial score (nSPS) is 26.6. The average Bonchev–Trinajstić information content (AvgIpc) is 2.94. The van der Waals surface area contributed by atoms with Gasteiger partial charge in [-0.15, -0.1) is 0 Å². The number of nitrogens with zero attached hydrogens (tertiary/aromatic N) is 2. The van der Waals surface area contributed by atoms with E-state index < -0.39 is 0 Å². The molecule has 2 fully saturated rings. The van der Waals surface area contributed by atoms with Crippen molar-refractivity contribution in [1.29, 1.82) is 0 Å². The molecule has 21 heavy (non-hydrogen) atoms. The zero-order chi connectivity index (χ0) is 14.8. The molecule has 0 saturated carbocycles. The summed E-state index contributed by atoms with van der Waals surface area (Å²) >= 11 is 0. The van der Waals surface area contributed by atoms with Crippen molar-refractivity contribution in [2.24, 2.45) is 0 Å². The van der Waals surface area contributed by atoms with Gasteiger partial charge in [0.25, 0.3) is 0 Å². The first kappa shape index (κ1) is 14.7. The maximum atomic E-state index is 5.41. The van der Waals surface area contributed by atoms with Crippen molar-refractivity contribution in [3.8, 4) is 11.5 Å². The third-order valence-corrected chi connectivity index (χ3v) is 4.90. The molecule has 116 valence electrons. The number of piperazine rings is 1. The van der Waals surface area contributed by atoms with Gasteiger partial charge in [-0.1, -0.05) is 6.07 Å². The number of rotatable bonds is 4. The van der Waals surface area contributed by atoms with Crippen LogP contribution in [0.25, 0.3) is 0 Å². The monoisotopic (exact) mass is 290 g/mol. The van der Waals surface area contributed by atoms with Crippen molar-refractivity contribution in [3.05, 3.63) is 23.8 Å². The fourth-order valence-corrected chi connectivity index (χ4v) is 3.68.